The largest absolute Gasteiger partial charge is 0.423 e. The van der Waals surface area contributed by atoms with Crippen molar-refractivity contribution in [3.63, 3.8) is 0 Å². The maximum Gasteiger partial charge on any atom is 0.343 e. The van der Waals surface area contributed by atoms with Crippen LogP contribution in [-0.4, -0.2) is 32.5 Å². The van der Waals surface area contributed by atoms with Crippen LogP contribution in [0.5, 0.6) is 11.5 Å². The van der Waals surface area contributed by atoms with E-state index in [1.54, 1.807) is 72.8 Å². The highest BCUT2D eigenvalue weighted by molar-refractivity contribution is 7.92. The highest BCUT2D eigenvalue weighted by Crippen LogP contribution is 2.26. The number of halogens is 1. The van der Waals surface area contributed by atoms with Gasteiger partial charge in [-0.1, -0.05) is 60.1 Å². The molecule has 10 nitrogen and oxygen atoms in total. The summed E-state index contributed by atoms with van der Waals surface area (Å²) in [6.07, 6.45) is 1.23. The quantitative estimate of drug-likeness (QED) is 0.0775. The lowest BCUT2D eigenvalue weighted by molar-refractivity contribution is 0.0731. The third-order valence-corrected chi connectivity index (χ3v) is 7.96. The molecule has 0 aliphatic rings. The van der Waals surface area contributed by atoms with Gasteiger partial charge in [-0.15, -0.1) is 0 Å². The van der Waals surface area contributed by atoms with Crippen molar-refractivity contribution in [3.8, 4) is 11.5 Å². The number of hydrazone groups is 1. The number of sulfonamides is 1. The molecule has 1 amide bonds. The van der Waals surface area contributed by atoms with E-state index >= 15 is 0 Å². The number of para-hydroxylation sites is 1. The molecule has 0 atom stereocenters. The van der Waals surface area contributed by atoms with Crippen molar-refractivity contribution in [2.24, 2.45) is 5.10 Å². The van der Waals surface area contributed by atoms with Crippen LogP contribution in [0.3, 0.4) is 0 Å². The van der Waals surface area contributed by atoms with Gasteiger partial charge in [0.2, 0.25) is 0 Å². The summed E-state index contributed by atoms with van der Waals surface area (Å²) in [4.78, 5) is 38.5. The maximum absolute atomic E-state index is 13.1. The number of amides is 1. The van der Waals surface area contributed by atoms with Crippen LogP contribution in [0.4, 0.5) is 5.69 Å². The van der Waals surface area contributed by atoms with E-state index in [0.29, 0.717) is 10.6 Å². The van der Waals surface area contributed by atoms with Crippen molar-refractivity contribution >= 4 is 51.4 Å². The number of benzene rings is 5. The molecule has 0 aliphatic heterocycles. The molecule has 0 spiro atoms. The zero-order chi connectivity index (χ0) is 32.5. The summed E-state index contributed by atoms with van der Waals surface area (Å²) in [5.41, 5.74) is 3.24. The van der Waals surface area contributed by atoms with Crippen molar-refractivity contribution in [2.75, 3.05) is 4.72 Å². The normalized spacial score (nSPS) is 11.1. The number of ether oxygens (including phenoxy) is 2. The molecule has 0 saturated carbocycles. The van der Waals surface area contributed by atoms with E-state index in [1.165, 1.54) is 60.8 Å². The molecule has 0 radical (unpaired) electrons. The van der Waals surface area contributed by atoms with Crippen molar-refractivity contribution < 1.29 is 32.3 Å². The third kappa shape index (κ3) is 8.03. The molecule has 5 aromatic rings. The lowest BCUT2D eigenvalue weighted by Crippen LogP contribution is -2.21. The van der Waals surface area contributed by atoms with Crippen LogP contribution < -0.4 is 19.6 Å². The molecule has 0 unspecified atom stereocenters. The van der Waals surface area contributed by atoms with Crippen LogP contribution in [0.15, 0.2) is 137 Å². The first kappa shape index (κ1) is 31.6. The summed E-state index contributed by atoms with van der Waals surface area (Å²) in [5, 5.41) is 4.36. The number of nitrogens with zero attached hydrogens (tertiary/aromatic N) is 1. The van der Waals surface area contributed by atoms with Crippen molar-refractivity contribution in [1.82, 2.24) is 5.43 Å². The molecule has 2 N–H and O–H groups in total. The number of rotatable bonds is 10. The fourth-order valence-corrected chi connectivity index (χ4v) is 5.26. The molecule has 12 heteroatoms. The number of anilines is 1. The average Bonchev–Trinajstić information content (AvgIpc) is 3.06. The zero-order valence-corrected chi connectivity index (χ0v) is 25.4. The van der Waals surface area contributed by atoms with Gasteiger partial charge in [0.15, 0.2) is 0 Å². The maximum atomic E-state index is 13.1. The second-order valence-corrected chi connectivity index (χ2v) is 11.6. The van der Waals surface area contributed by atoms with Crippen LogP contribution in [-0.2, 0) is 10.0 Å². The predicted molar refractivity (Wildman–Crippen MR) is 173 cm³/mol. The standard InChI is InChI=1S/C34H24ClN3O7S/c35-26-16-19-28(20-17-26)46(42,43)38-30-14-8-7-13-29(30)32(39)37-36-22-25-15-18-27(44-33(40)23-9-3-1-4-10-23)21-31(25)45-34(41)24-11-5-2-6-12-24/h1-22,38H,(H,37,39)/b36-22-. The van der Waals surface area contributed by atoms with E-state index in [2.05, 4.69) is 15.2 Å². The Hall–Kier alpha value is -5.78. The Kier molecular flexibility index (Phi) is 9.86. The summed E-state index contributed by atoms with van der Waals surface area (Å²) in [6, 6.07) is 32.5. The SMILES string of the molecule is O=C(Oc1ccc(/C=N\NC(=O)c2ccccc2NS(=O)(=O)c2ccc(Cl)cc2)c(OC(=O)c2ccccc2)c1)c1ccccc1. The minimum atomic E-state index is -4.03. The van der Waals surface area contributed by atoms with Gasteiger partial charge in [-0.05, 0) is 72.8 Å². The van der Waals surface area contributed by atoms with E-state index in [4.69, 9.17) is 21.1 Å². The lowest BCUT2D eigenvalue weighted by atomic mass is 10.2. The van der Waals surface area contributed by atoms with Crippen LogP contribution >= 0.6 is 11.6 Å². The average molecular weight is 654 g/mol. The molecule has 0 bridgehead atoms. The van der Waals surface area contributed by atoms with Crippen LogP contribution in [0.2, 0.25) is 5.02 Å². The monoisotopic (exact) mass is 653 g/mol. The van der Waals surface area contributed by atoms with Gasteiger partial charge in [-0.2, -0.15) is 5.10 Å². The number of hydrogen-bond acceptors (Lipinski definition) is 8. The number of esters is 2. The molecule has 0 aliphatic carbocycles. The fourth-order valence-electron chi connectivity index (χ4n) is 4.05. The van der Waals surface area contributed by atoms with E-state index in [1.807, 2.05) is 0 Å². The number of carbonyl (C=O) groups is 3. The minimum Gasteiger partial charge on any atom is -0.423 e. The molecule has 5 rings (SSSR count). The molecule has 5 aromatic carbocycles. The minimum absolute atomic E-state index is 0.00124. The summed E-state index contributed by atoms with van der Waals surface area (Å²) < 4.78 is 39.3. The van der Waals surface area contributed by atoms with E-state index < -0.39 is 27.9 Å². The second kappa shape index (κ2) is 14.3. The van der Waals surface area contributed by atoms with Crippen LogP contribution in [0.1, 0.15) is 36.6 Å². The van der Waals surface area contributed by atoms with Gasteiger partial charge in [0.05, 0.1) is 33.5 Å². The Morgan fingerprint density at radius 1 is 0.696 bits per heavy atom. The van der Waals surface area contributed by atoms with Gasteiger partial charge in [0, 0.05) is 16.7 Å². The first-order valence-corrected chi connectivity index (χ1v) is 15.4. The molecular weight excluding hydrogens is 630 g/mol. The smallest absolute Gasteiger partial charge is 0.343 e. The molecule has 46 heavy (non-hydrogen) atoms. The molecule has 0 saturated heterocycles. The molecular formula is C34H24ClN3O7S. The summed E-state index contributed by atoms with van der Waals surface area (Å²) in [6.45, 7) is 0. The molecule has 0 aromatic heterocycles. The Labute approximate surface area is 269 Å². The van der Waals surface area contributed by atoms with Crippen LogP contribution in [0.25, 0.3) is 0 Å². The number of hydrogen-bond donors (Lipinski definition) is 2. The Bertz CT molecular complexity index is 2020. The van der Waals surface area contributed by atoms with Crippen molar-refractivity contribution in [2.45, 2.75) is 4.90 Å². The van der Waals surface area contributed by atoms with Gasteiger partial charge in [0.1, 0.15) is 11.5 Å². The number of carbonyl (C=O) groups excluding carboxylic acids is 3. The first-order chi connectivity index (χ1) is 22.2. The summed E-state index contributed by atoms with van der Waals surface area (Å²) in [7, 11) is -4.03. The van der Waals surface area contributed by atoms with Gasteiger partial charge in [-0.25, -0.2) is 23.4 Å². The van der Waals surface area contributed by atoms with Crippen molar-refractivity contribution in [3.05, 3.63) is 155 Å². The van der Waals surface area contributed by atoms with Gasteiger partial charge >= 0.3 is 11.9 Å². The molecule has 0 heterocycles. The van der Waals surface area contributed by atoms with Crippen molar-refractivity contribution in [1.29, 1.82) is 0 Å². The predicted octanol–water partition coefficient (Wildman–Crippen LogP) is 6.34. The summed E-state index contributed by atoms with van der Waals surface area (Å²) >= 11 is 5.87. The Morgan fingerprint density at radius 2 is 1.28 bits per heavy atom. The number of nitrogens with one attached hydrogen (secondary N) is 2. The lowest BCUT2D eigenvalue weighted by Gasteiger charge is -2.12. The molecule has 0 fully saturated rings. The van der Waals surface area contributed by atoms with Gasteiger partial charge < -0.3 is 9.47 Å². The zero-order valence-electron chi connectivity index (χ0n) is 23.8. The Balaban J connectivity index is 1.35. The van der Waals surface area contributed by atoms with E-state index in [-0.39, 0.29) is 38.8 Å². The first-order valence-electron chi connectivity index (χ1n) is 13.6. The van der Waals surface area contributed by atoms with E-state index in [0.717, 1.165) is 0 Å². The topological polar surface area (TPSA) is 140 Å². The van der Waals surface area contributed by atoms with Crippen LogP contribution in [0, 0.1) is 0 Å². The highest BCUT2D eigenvalue weighted by Gasteiger charge is 2.19. The fraction of sp³-hybridized carbons (Fsp3) is 0. The van der Waals surface area contributed by atoms with E-state index in [9.17, 15) is 22.8 Å². The van der Waals surface area contributed by atoms with Gasteiger partial charge in [-0.3, -0.25) is 9.52 Å². The third-order valence-electron chi connectivity index (χ3n) is 6.33. The summed E-state index contributed by atoms with van der Waals surface area (Å²) in [5.74, 6) is -1.90. The highest BCUT2D eigenvalue weighted by atomic mass is 35.5. The molecule has 230 valence electrons. The second-order valence-electron chi connectivity index (χ2n) is 9.51. The van der Waals surface area contributed by atoms with Gasteiger partial charge in [0.25, 0.3) is 15.9 Å². The Morgan fingerprint density at radius 3 is 1.93 bits per heavy atom.